The van der Waals surface area contributed by atoms with Gasteiger partial charge in [-0.15, -0.1) is 0 Å². The zero-order valence-electron chi connectivity index (χ0n) is 16.6. The molecule has 7 heteroatoms. The molecule has 0 bridgehead atoms. The van der Waals surface area contributed by atoms with Crippen LogP contribution in [0, 0.1) is 0 Å². The van der Waals surface area contributed by atoms with E-state index in [0.717, 1.165) is 24.1 Å². The van der Waals surface area contributed by atoms with Crippen LogP contribution in [0.3, 0.4) is 0 Å². The van der Waals surface area contributed by atoms with Crippen LogP contribution in [0.2, 0.25) is 5.02 Å². The minimum atomic E-state index is -0.244. The monoisotopic (exact) mass is 416 g/mol. The molecule has 1 atom stereocenters. The van der Waals surface area contributed by atoms with Crippen LogP contribution in [0.15, 0.2) is 36.4 Å². The third-order valence-electron chi connectivity index (χ3n) is 5.10. The molecule has 1 aliphatic heterocycles. The van der Waals surface area contributed by atoms with Crippen LogP contribution in [0.4, 0.5) is 11.4 Å². The molecule has 0 saturated carbocycles. The third kappa shape index (κ3) is 4.65. The molecule has 0 fully saturated rings. The van der Waals surface area contributed by atoms with Crippen molar-refractivity contribution in [2.24, 2.45) is 0 Å². The lowest BCUT2D eigenvalue weighted by molar-refractivity contribution is -0.143. The van der Waals surface area contributed by atoms with Crippen molar-refractivity contribution in [1.29, 1.82) is 0 Å². The Morgan fingerprint density at radius 2 is 2.03 bits per heavy atom. The summed E-state index contributed by atoms with van der Waals surface area (Å²) in [7, 11) is 1.52. The van der Waals surface area contributed by atoms with E-state index in [4.69, 9.17) is 26.8 Å². The topological polar surface area (TPSA) is 81.9 Å². The van der Waals surface area contributed by atoms with Crippen molar-refractivity contribution in [2.45, 2.75) is 32.1 Å². The van der Waals surface area contributed by atoms with Crippen LogP contribution in [-0.2, 0) is 9.53 Å². The van der Waals surface area contributed by atoms with Gasteiger partial charge in [0.2, 0.25) is 0 Å². The largest absolute Gasteiger partial charge is 0.495 e. The third-order valence-corrected chi connectivity index (χ3v) is 5.33. The maximum atomic E-state index is 13.3. The highest BCUT2D eigenvalue weighted by molar-refractivity contribution is 6.30. The number of esters is 1. The Labute approximate surface area is 175 Å². The number of carbonyl (C=O) groups excluding carboxylic acids is 2. The fourth-order valence-corrected chi connectivity index (χ4v) is 3.89. The summed E-state index contributed by atoms with van der Waals surface area (Å²) in [6.45, 7) is 2.67. The van der Waals surface area contributed by atoms with E-state index in [2.05, 4.69) is 0 Å². The molecule has 3 rings (SSSR count). The predicted octanol–water partition coefficient (Wildman–Crippen LogP) is 4.41. The number of nitrogen functional groups attached to an aromatic ring is 1. The maximum Gasteiger partial charge on any atom is 0.306 e. The standard InChI is InChI=1S/C22H25ClN2O4/c1-3-29-21(26)12-14-5-4-10-25(19-9-7-16(23)13-17(14)19)22(27)15-6-8-18(24)20(11-15)28-2/h6-9,11,13-14H,3-5,10,12,24H2,1-2H3. The van der Waals surface area contributed by atoms with Crippen LogP contribution in [-0.4, -0.2) is 32.1 Å². The highest BCUT2D eigenvalue weighted by Gasteiger charge is 2.29. The number of halogens is 1. The lowest BCUT2D eigenvalue weighted by Gasteiger charge is -2.24. The number of nitrogens with zero attached hydrogens (tertiary/aromatic N) is 1. The summed E-state index contributed by atoms with van der Waals surface area (Å²) >= 11 is 6.24. The smallest absolute Gasteiger partial charge is 0.306 e. The summed E-state index contributed by atoms with van der Waals surface area (Å²) in [4.78, 5) is 27.1. The highest BCUT2D eigenvalue weighted by atomic mass is 35.5. The number of nitrogens with two attached hydrogens (primary N) is 1. The molecule has 154 valence electrons. The second-order valence-electron chi connectivity index (χ2n) is 6.96. The summed E-state index contributed by atoms with van der Waals surface area (Å²) in [5.74, 6) is 0.0128. The van der Waals surface area contributed by atoms with E-state index in [9.17, 15) is 9.59 Å². The van der Waals surface area contributed by atoms with E-state index in [1.807, 2.05) is 12.1 Å². The Morgan fingerprint density at radius 3 is 2.76 bits per heavy atom. The summed E-state index contributed by atoms with van der Waals surface area (Å²) in [5, 5.41) is 0.570. The second kappa shape index (κ2) is 9.18. The van der Waals surface area contributed by atoms with E-state index in [1.54, 1.807) is 36.1 Å². The van der Waals surface area contributed by atoms with Gasteiger partial charge in [0.25, 0.3) is 5.91 Å². The van der Waals surface area contributed by atoms with Crippen molar-refractivity contribution >= 4 is 34.9 Å². The van der Waals surface area contributed by atoms with Crippen LogP contribution in [0.25, 0.3) is 0 Å². The normalized spacial score (nSPS) is 16.0. The Hall–Kier alpha value is -2.73. The van der Waals surface area contributed by atoms with Gasteiger partial charge < -0.3 is 20.1 Å². The van der Waals surface area contributed by atoms with Gasteiger partial charge in [-0.3, -0.25) is 9.59 Å². The Balaban J connectivity index is 1.97. The zero-order chi connectivity index (χ0) is 21.0. The molecule has 0 spiro atoms. The quantitative estimate of drug-likeness (QED) is 0.576. The van der Waals surface area contributed by atoms with Crippen LogP contribution in [0.5, 0.6) is 5.75 Å². The molecule has 2 N–H and O–H groups in total. The number of methoxy groups -OCH3 is 1. The summed E-state index contributed by atoms with van der Waals surface area (Å²) in [5.41, 5.74) is 8.49. The fourth-order valence-electron chi connectivity index (χ4n) is 3.71. The molecule has 29 heavy (non-hydrogen) atoms. The van der Waals surface area contributed by atoms with Gasteiger partial charge in [-0.2, -0.15) is 0 Å². The van der Waals surface area contributed by atoms with Crippen LogP contribution < -0.4 is 15.4 Å². The van der Waals surface area contributed by atoms with Crippen molar-refractivity contribution in [1.82, 2.24) is 0 Å². The van der Waals surface area contributed by atoms with Gasteiger partial charge in [0.05, 0.1) is 25.8 Å². The van der Waals surface area contributed by atoms with E-state index in [1.165, 1.54) is 7.11 Å². The second-order valence-corrected chi connectivity index (χ2v) is 7.40. The fraction of sp³-hybridized carbons (Fsp3) is 0.364. The number of rotatable bonds is 5. The minimum Gasteiger partial charge on any atom is -0.495 e. The van der Waals surface area contributed by atoms with Crippen molar-refractivity contribution in [3.05, 3.63) is 52.5 Å². The molecule has 1 aliphatic rings. The Bertz CT molecular complexity index is 916. The Morgan fingerprint density at radius 1 is 1.24 bits per heavy atom. The van der Waals surface area contributed by atoms with Crippen molar-refractivity contribution in [3.63, 3.8) is 0 Å². The zero-order valence-corrected chi connectivity index (χ0v) is 17.4. The average molecular weight is 417 g/mol. The van der Waals surface area contributed by atoms with E-state index in [-0.39, 0.29) is 24.2 Å². The van der Waals surface area contributed by atoms with Gasteiger partial charge in [0, 0.05) is 22.8 Å². The summed E-state index contributed by atoms with van der Waals surface area (Å²) in [6, 6.07) is 10.4. The van der Waals surface area contributed by atoms with Gasteiger partial charge in [0.15, 0.2) is 0 Å². The predicted molar refractivity (Wildman–Crippen MR) is 114 cm³/mol. The number of anilines is 2. The first-order chi connectivity index (χ1) is 13.9. The van der Waals surface area contributed by atoms with Gasteiger partial charge >= 0.3 is 5.97 Å². The molecule has 0 radical (unpaired) electrons. The molecular weight excluding hydrogens is 392 g/mol. The lowest BCUT2D eigenvalue weighted by atomic mass is 9.91. The molecule has 0 aromatic heterocycles. The number of benzene rings is 2. The number of hydrogen-bond acceptors (Lipinski definition) is 5. The Kier molecular flexibility index (Phi) is 6.64. The number of carbonyl (C=O) groups is 2. The average Bonchev–Trinajstić information content (AvgIpc) is 2.87. The van der Waals surface area contributed by atoms with Crippen molar-refractivity contribution in [3.8, 4) is 5.75 Å². The molecular formula is C22H25ClN2O4. The molecule has 1 heterocycles. The van der Waals surface area contributed by atoms with Crippen molar-refractivity contribution < 1.29 is 19.1 Å². The minimum absolute atomic E-state index is 0.0542. The number of ether oxygens (including phenoxy) is 2. The molecule has 2 aromatic rings. The van der Waals surface area contributed by atoms with Gasteiger partial charge in [-0.05, 0) is 67.6 Å². The van der Waals surface area contributed by atoms with Gasteiger partial charge in [-0.25, -0.2) is 0 Å². The number of fused-ring (bicyclic) bond motifs is 1. The lowest BCUT2D eigenvalue weighted by Crippen LogP contribution is -2.31. The van der Waals surface area contributed by atoms with Crippen LogP contribution >= 0.6 is 11.6 Å². The summed E-state index contributed by atoms with van der Waals surface area (Å²) in [6.07, 6.45) is 1.79. The van der Waals surface area contributed by atoms with E-state index < -0.39 is 0 Å². The number of amides is 1. The SMILES string of the molecule is CCOC(=O)CC1CCCN(C(=O)c2ccc(N)c(OC)c2)c2ccc(Cl)cc21. The van der Waals surface area contributed by atoms with Gasteiger partial charge in [-0.1, -0.05) is 11.6 Å². The number of hydrogen-bond donors (Lipinski definition) is 1. The molecule has 0 aliphatic carbocycles. The molecule has 1 unspecified atom stereocenters. The highest BCUT2D eigenvalue weighted by Crippen LogP contribution is 2.39. The first kappa shape index (κ1) is 21.0. The van der Waals surface area contributed by atoms with E-state index in [0.29, 0.717) is 35.2 Å². The maximum absolute atomic E-state index is 13.3. The van der Waals surface area contributed by atoms with Gasteiger partial charge in [0.1, 0.15) is 5.75 Å². The molecule has 6 nitrogen and oxygen atoms in total. The van der Waals surface area contributed by atoms with Crippen molar-refractivity contribution in [2.75, 3.05) is 30.9 Å². The first-order valence-corrected chi connectivity index (χ1v) is 10.0. The molecule has 2 aromatic carbocycles. The molecule has 1 amide bonds. The first-order valence-electron chi connectivity index (χ1n) is 9.65. The summed E-state index contributed by atoms with van der Waals surface area (Å²) < 4.78 is 10.4. The van der Waals surface area contributed by atoms with Crippen LogP contribution in [0.1, 0.15) is 48.0 Å². The van der Waals surface area contributed by atoms with E-state index >= 15 is 0 Å². The molecule has 0 saturated heterocycles.